The van der Waals surface area contributed by atoms with E-state index in [1.807, 2.05) is 0 Å². The first kappa shape index (κ1) is 21.6. The molecule has 0 aromatic heterocycles. The van der Waals surface area contributed by atoms with E-state index < -0.39 is 16.1 Å². The number of hydrogen-bond acceptors (Lipinski definition) is 4. The van der Waals surface area contributed by atoms with Gasteiger partial charge in [-0.1, -0.05) is 24.4 Å². The maximum atomic E-state index is 12.8. The number of sulfonamides is 1. The molecule has 1 aliphatic rings. The highest BCUT2D eigenvalue weighted by Gasteiger charge is 2.25. The second kappa shape index (κ2) is 9.61. The summed E-state index contributed by atoms with van der Waals surface area (Å²) in [5, 5.41) is 3.33. The smallest absolute Gasteiger partial charge is 0.265 e. The van der Waals surface area contributed by atoms with Crippen molar-refractivity contribution in [1.29, 1.82) is 0 Å². The van der Waals surface area contributed by atoms with Gasteiger partial charge < -0.3 is 10.1 Å². The number of anilines is 1. The van der Waals surface area contributed by atoms with Gasteiger partial charge in [-0.05, 0) is 68.3 Å². The Morgan fingerprint density at radius 1 is 1.00 bits per heavy atom. The molecule has 6 nitrogen and oxygen atoms in total. The van der Waals surface area contributed by atoms with Crippen molar-refractivity contribution >= 4 is 33.2 Å². The third-order valence-electron chi connectivity index (χ3n) is 4.82. The van der Waals surface area contributed by atoms with Gasteiger partial charge in [0.2, 0.25) is 10.0 Å². The maximum Gasteiger partial charge on any atom is 0.265 e. The zero-order chi connectivity index (χ0) is 20.9. The van der Waals surface area contributed by atoms with E-state index in [9.17, 15) is 13.2 Å². The number of benzene rings is 2. The SMILES string of the molecule is C[C@H](Oc1ccc(Cl)cc1)C(=O)Nc1ccc(S(=O)(=O)N2CCCCCC2)cc1. The van der Waals surface area contributed by atoms with Crippen LogP contribution in [0.25, 0.3) is 0 Å². The molecule has 0 radical (unpaired) electrons. The molecule has 0 unspecified atom stereocenters. The first-order chi connectivity index (χ1) is 13.9. The van der Waals surface area contributed by atoms with Crippen LogP contribution in [-0.4, -0.2) is 37.8 Å². The summed E-state index contributed by atoms with van der Waals surface area (Å²) in [5.41, 5.74) is 0.511. The summed E-state index contributed by atoms with van der Waals surface area (Å²) in [5.74, 6) is 0.207. The van der Waals surface area contributed by atoms with E-state index in [1.165, 1.54) is 12.1 Å². The third-order valence-corrected chi connectivity index (χ3v) is 6.99. The Morgan fingerprint density at radius 3 is 2.17 bits per heavy atom. The second-order valence-corrected chi connectivity index (χ2v) is 9.42. The summed E-state index contributed by atoms with van der Waals surface area (Å²) in [6, 6.07) is 13.0. The van der Waals surface area contributed by atoms with Crippen LogP contribution in [0.4, 0.5) is 5.69 Å². The maximum absolute atomic E-state index is 12.8. The van der Waals surface area contributed by atoms with E-state index in [1.54, 1.807) is 47.6 Å². The van der Waals surface area contributed by atoms with Crippen LogP contribution < -0.4 is 10.1 Å². The van der Waals surface area contributed by atoms with E-state index in [-0.39, 0.29) is 10.8 Å². The predicted molar refractivity (Wildman–Crippen MR) is 114 cm³/mol. The van der Waals surface area contributed by atoms with Crippen molar-refractivity contribution in [2.24, 2.45) is 0 Å². The van der Waals surface area contributed by atoms with Crippen LogP contribution >= 0.6 is 11.6 Å². The minimum Gasteiger partial charge on any atom is -0.481 e. The zero-order valence-corrected chi connectivity index (χ0v) is 17.9. The summed E-state index contributed by atoms with van der Waals surface area (Å²) in [6.45, 7) is 2.75. The molecule has 1 saturated heterocycles. The number of carbonyl (C=O) groups is 1. The molecule has 0 bridgehead atoms. The highest BCUT2D eigenvalue weighted by molar-refractivity contribution is 7.89. The average molecular weight is 437 g/mol. The molecule has 156 valence electrons. The van der Waals surface area contributed by atoms with E-state index >= 15 is 0 Å². The molecular formula is C21H25ClN2O4S. The summed E-state index contributed by atoms with van der Waals surface area (Å²) in [6.07, 6.45) is 3.18. The quantitative estimate of drug-likeness (QED) is 0.732. The molecule has 0 spiro atoms. The largest absolute Gasteiger partial charge is 0.481 e. The van der Waals surface area contributed by atoms with Gasteiger partial charge in [-0.15, -0.1) is 0 Å². The van der Waals surface area contributed by atoms with Gasteiger partial charge in [-0.25, -0.2) is 8.42 Å². The number of carbonyl (C=O) groups excluding carboxylic acids is 1. The summed E-state index contributed by atoms with van der Waals surface area (Å²) >= 11 is 5.84. The van der Waals surface area contributed by atoms with Crippen LogP contribution in [0, 0.1) is 0 Å². The Balaban J connectivity index is 1.62. The van der Waals surface area contributed by atoms with Gasteiger partial charge >= 0.3 is 0 Å². The number of ether oxygens (including phenoxy) is 1. The molecule has 0 aliphatic carbocycles. The van der Waals surface area contributed by atoms with Crippen molar-refractivity contribution in [2.75, 3.05) is 18.4 Å². The molecule has 1 aliphatic heterocycles. The van der Waals surface area contributed by atoms with E-state index in [0.29, 0.717) is 29.5 Å². The number of halogens is 1. The molecule has 3 rings (SSSR count). The molecule has 1 fully saturated rings. The highest BCUT2D eigenvalue weighted by atomic mass is 35.5. The van der Waals surface area contributed by atoms with Crippen molar-refractivity contribution in [3.63, 3.8) is 0 Å². The van der Waals surface area contributed by atoms with Crippen molar-refractivity contribution in [3.05, 3.63) is 53.6 Å². The fraction of sp³-hybridized carbons (Fsp3) is 0.381. The van der Waals surface area contributed by atoms with Crippen LogP contribution in [-0.2, 0) is 14.8 Å². The molecule has 1 amide bonds. The minimum atomic E-state index is -3.51. The Kier molecular flexibility index (Phi) is 7.16. The molecule has 2 aromatic rings. The molecule has 1 atom stereocenters. The monoisotopic (exact) mass is 436 g/mol. The lowest BCUT2D eigenvalue weighted by Crippen LogP contribution is -2.32. The van der Waals surface area contributed by atoms with E-state index in [0.717, 1.165) is 25.7 Å². The summed E-state index contributed by atoms with van der Waals surface area (Å²) in [4.78, 5) is 12.6. The first-order valence-corrected chi connectivity index (χ1v) is 11.5. The number of rotatable bonds is 6. The molecule has 1 N–H and O–H groups in total. The van der Waals surface area contributed by atoms with Gasteiger partial charge in [0.05, 0.1) is 4.90 Å². The van der Waals surface area contributed by atoms with E-state index in [4.69, 9.17) is 16.3 Å². The number of nitrogens with zero attached hydrogens (tertiary/aromatic N) is 1. The second-order valence-electron chi connectivity index (χ2n) is 7.05. The number of hydrogen-bond donors (Lipinski definition) is 1. The van der Waals surface area contributed by atoms with Gasteiger partial charge in [0.1, 0.15) is 5.75 Å². The fourth-order valence-electron chi connectivity index (χ4n) is 3.16. The van der Waals surface area contributed by atoms with Crippen LogP contribution in [0.5, 0.6) is 5.75 Å². The van der Waals surface area contributed by atoms with Gasteiger partial charge in [0, 0.05) is 23.8 Å². The fourth-order valence-corrected chi connectivity index (χ4v) is 4.80. The summed E-state index contributed by atoms with van der Waals surface area (Å²) < 4.78 is 32.8. The Labute approximate surface area is 176 Å². The van der Waals surface area contributed by atoms with Crippen molar-refractivity contribution in [1.82, 2.24) is 4.31 Å². The zero-order valence-electron chi connectivity index (χ0n) is 16.3. The van der Waals surface area contributed by atoms with Gasteiger partial charge in [-0.2, -0.15) is 4.31 Å². The lowest BCUT2D eigenvalue weighted by Gasteiger charge is -2.20. The number of nitrogens with one attached hydrogen (secondary N) is 1. The molecule has 29 heavy (non-hydrogen) atoms. The lowest BCUT2D eigenvalue weighted by molar-refractivity contribution is -0.122. The lowest BCUT2D eigenvalue weighted by atomic mass is 10.2. The molecular weight excluding hydrogens is 412 g/mol. The van der Waals surface area contributed by atoms with Crippen molar-refractivity contribution in [2.45, 2.75) is 43.6 Å². The number of amides is 1. The van der Waals surface area contributed by atoms with Crippen LogP contribution in [0.3, 0.4) is 0 Å². The van der Waals surface area contributed by atoms with Crippen molar-refractivity contribution < 1.29 is 17.9 Å². The van der Waals surface area contributed by atoms with Crippen molar-refractivity contribution in [3.8, 4) is 5.75 Å². The molecule has 1 heterocycles. The third kappa shape index (κ3) is 5.72. The molecule has 2 aromatic carbocycles. The van der Waals surface area contributed by atoms with E-state index in [2.05, 4.69) is 5.32 Å². The van der Waals surface area contributed by atoms with Crippen LogP contribution in [0.15, 0.2) is 53.4 Å². The van der Waals surface area contributed by atoms with Gasteiger partial charge in [0.15, 0.2) is 6.10 Å². The van der Waals surface area contributed by atoms with Crippen LogP contribution in [0.1, 0.15) is 32.6 Å². The summed E-state index contributed by atoms with van der Waals surface area (Å²) in [7, 11) is -3.51. The predicted octanol–water partition coefficient (Wildman–Crippen LogP) is 4.31. The average Bonchev–Trinajstić information content (AvgIpc) is 3.00. The van der Waals surface area contributed by atoms with Crippen LogP contribution in [0.2, 0.25) is 5.02 Å². The first-order valence-electron chi connectivity index (χ1n) is 9.69. The topological polar surface area (TPSA) is 75.7 Å². The molecule has 8 heteroatoms. The normalized spacial score (nSPS) is 16.6. The van der Waals surface area contributed by atoms with Gasteiger partial charge in [-0.3, -0.25) is 4.79 Å². The highest BCUT2D eigenvalue weighted by Crippen LogP contribution is 2.22. The molecule has 0 saturated carbocycles. The minimum absolute atomic E-state index is 0.239. The Morgan fingerprint density at radius 2 is 1.59 bits per heavy atom. The standard InChI is InChI=1S/C21H25ClN2O4S/c1-16(28-19-10-6-17(22)7-11-19)21(25)23-18-8-12-20(13-9-18)29(26,27)24-14-4-2-3-5-15-24/h6-13,16H,2-5,14-15H2,1H3,(H,23,25)/t16-/m0/s1. The van der Waals surface area contributed by atoms with Gasteiger partial charge in [0.25, 0.3) is 5.91 Å². The Bertz CT molecular complexity index is 922. The Hall–Kier alpha value is -2.09.